The molecule has 3 rings (SSSR count). The van der Waals surface area contributed by atoms with E-state index in [9.17, 15) is 9.18 Å². The topological polar surface area (TPSA) is 20.3 Å². The summed E-state index contributed by atoms with van der Waals surface area (Å²) in [5, 5.41) is 0. The first-order valence-corrected chi connectivity index (χ1v) is 8.19. The lowest BCUT2D eigenvalue weighted by molar-refractivity contribution is 0.0520. The van der Waals surface area contributed by atoms with Gasteiger partial charge in [0.15, 0.2) is 0 Å². The van der Waals surface area contributed by atoms with Crippen molar-refractivity contribution in [2.45, 2.75) is 32.1 Å². The van der Waals surface area contributed by atoms with Crippen LogP contribution in [0, 0.1) is 17.7 Å². The summed E-state index contributed by atoms with van der Waals surface area (Å²) in [6.45, 7) is 1.71. The summed E-state index contributed by atoms with van der Waals surface area (Å²) in [4.78, 5) is 14.5. The highest BCUT2D eigenvalue weighted by Gasteiger charge is 2.33. The second-order valence-electron chi connectivity index (χ2n) is 5.97. The van der Waals surface area contributed by atoms with E-state index in [1.807, 2.05) is 4.90 Å². The van der Waals surface area contributed by atoms with Crippen LogP contribution in [-0.2, 0) is 0 Å². The minimum Gasteiger partial charge on any atom is -0.338 e. The zero-order chi connectivity index (χ0) is 14.1. The van der Waals surface area contributed by atoms with Gasteiger partial charge >= 0.3 is 0 Å². The molecular weight excluding hydrogens is 321 g/mol. The van der Waals surface area contributed by atoms with Crippen LogP contribution < -0.4 is 0 Å². The number of fused-ring (bicyclic) bond motifs is 1. The molecule has 0 unspecified atom stereocenters. The predicted molar refractivity (Wildman–Crippen MR) is 80.1 cm³/mol. The monoisotopic (exact) mass is 339 g/mol. The maximum atomic E-state index is 13.1. The second kappa shape index (κ2) is 5.84. The van der Waals surface area contributed by atoms with E-state index in [2.05, 4.69) is 15.9 Å². The number of rotatable bonds is 1. The van der Waals surface area contributed by atoms with Crippen LogP contribution >= 0.6 is 15.9 Å². The standard InChI is InChI=1S/C16H19BrFNO/c17-15-9-13(18)5-6-14(15)16(20)19-8-7-11-3-1-2-4-12(11)10-19/h5-6,9,11-12H,1-4,7-8,10H2/t11-,12-/m0/s1. The van der Waals surface area contributed by atoms with E-state index in [0.29, 0.717) is 16.0 Å². The molecule has 0 radical (unpaired) electrons. The fourth-order valence-electron chi connectivity index (χ4n) is 3.62. The number of hydrogen-bond donors (Lipinski definition) is 0. The molecule has 2 fully saturated rings. The Hall–Kier alpha value is -0.900. The Morgan fingerprint density at radius 3 is 2.70 bits per heavy atom. The van der Waals surface area contributed by atoms with Crippen molar-refractivity contribution in [3.63, 3.8) is 0 Å². The molecule has 1 aliphatic heterocycles. The highest BCUT2D eigenvalue weighted by Crippen LogP contribution is 2.36. The van der Waals surface area contributed by atoms with Crippen molar-refractivity contribution < 1.29 is 9.18 Å². The zero-order valence-electron chi connectivity index (χ0n) is 11.4. The van der Waals surface area contributed by atoms with Crippen molar-refractivity contribution in [2.75, 3.05) is 13.1 Å². The summed E-state index contributed by atoms with van der Waals surface area (Å²) < 4.78 is 13.7. The molecule has 108 valence electrons. The number of likely N-dealkylation sites (tertiary alicyclic amines) is 1. The molecule has 0 spiro atoms. The van der Waals surface area contributed by atoms with Crippen molar-refractivity contribution in [3.05, 3.63) is 34.1 Å². The summed E-state index contributed by atoms with van der Waals surface area (Å²) >= 11 is 3.30. The minimum absolute atomic E-state index is 0.0286. The molecule has 1 aromatic rings. The highest BCUT2D eigenvalue weighted by molar-refractivity contribution is 9.10. The van der Waals surface area contributed by atoms with Crippen molar-refractivity contribution >= 4 is 21.8 Å². The van der Waals surface area contributed by atoms with Crippen LogP contribution in [0.4, 0.5) is 4.39 Å². The van der Waals surface area contributed by atoms with Gasteiger partial charge in [0.05, 0.1) is 5.56 Å². The lowest BCUT2D eigenvalue weighted by Gasteiger charge is -2.41. The number of carbonyl (C=O) groups excluding carboxylic acids is 1. The summed E-state index contributed by atoms with van der Waals surface area (Å²) in [6, 6.07) is 4.29. The number of nitrogens with zero attached hydrogens (tertiary/aromatic N) is 1. The number of carbonyl (C=O) groups is 1. The van der Waals surface area contributed by atoms with E-state index in [4.69, 9.17) is 0 Å². The van der Waals surface area contributed by atoms with E-state index in [1.165, 1.54) is 37.8 Å². The molecule has 20 heavy (non-hydrogen) atoms. The maximum absolute atomic E-state index is 13.1. The lowest BCUT2D eigenvalue weighted by atomic mass is 9.75. The van der Waals surface area contributed by atoms with Crippen LogP contribution in [0.1, 0.15) is 42.5 Å². The number of benzene rings is 1. The van der Waals surface area contributed by atoms with Gasteiger partial charge in [0.1, 0.15) is 5.82 Å². The van der Waals surface area contributed by atoms with Crippen molar-refractivity contribution in [1.29, 1.82) is 0 Å². The molecule has 1 amide bonds. The van der Waals surface area contributed by atoms with Gasteiger partial charge in [-0.3, -0.25) is 4.79 Å². The molecule has 2 nitrogen and oxygen atoms in total. The summed E-state index contributed by atoms with van der Waals surface area (Å²) in [5.41, 5.74) is 0.570. The molecule has 1 heterocycles. The predicted octanol–water partition coefficient (Wildman–Crippen LogP) is 4.24. The molecule has 0 N–H and O–H groups in total. The number of hydrogen-bond acceptors (Lipinski definition) is 1. The third-order valence-corrected chi connectivity index (χ3v) is 5.40. The lowest BCUT2D eigenvalue weighted by Crippen LogP contribution is -2.44. The number of piperidine rings is 1. The molecule has 4 heteroatoms. The third-order valence-electron chi connectivity index (χ3n) is 4.74. The molecule has 1 aromatic carbocycles. The van der Waals surface area contributed by atoms with E-state index in [1.54, 1.807) is 6.07 Å². The van der Waals surface area contributed by atoms with Crippen LogP contribution in [0.3, 0.4) is 0 Å². The van der Waals surface area contributed by atoms with Gasteiger partial charge in [-0.1, -0.05) is 19.3 Å². The van der Waals surface area contributed by atoms with Crippen molar-refractivity contribution in [2.24, 2.45) is 11.8 Å². The Labute approximate surface area is 127 Å². The molecule has 1 aliphatic carbocycles. The number of halogens is 2. The summed E-state index contributed by atoms with van der Waals surface area (Å²) in [6.07, 6.45) is 6.34. The Morgan fingerprint density at radius 1 is 1.20 bits per heavy atom. The van der Waals surface area contributed by atoms with Crippen molar-refractivity contribution in [1.82, 2.24) is 4.90 Å². The fourth-order valence-corrected chi connectivity index (χ4v) is 4.14. The van der Waals surface area contributed by atoms with E-state index in [-0.39, 0.29) is 11.7 Å². The SMILES string of the molecule is O=C(c1ccc(F)cc1Br)N1CC[C@@H]2CCCC[C@H]2C1. The van der Waals surface area contributed by atoms with Gasteiger partial charge in [-0.25, -0.2) is 4.39 Å². The largest absolute Gasteiger partial charge is 0.338 e. The van der Waals surface area contributed by atoms with Gasteiger partial charge in [0, 0.05) is 17.6 Å². The van der Waals surface area contributed by atoms with Gasteiger partial charge in [0.2, 0.25) is 0 Å². The first-order chi connectivity index (χ1) is 9.65. The van der Waals surface area contributed by atoms with Gasteiger partial charge in [-0.05, 0) is 58.8 Å². The molecule has 0 aromatic heterocycles. The van der Waals surface area contributed by atoms with E-state index >= 15 is 0 Å². The Kier molecular flexibility index (Phi) is 4.11. The average Bonchev–Trinajstić information content (AvgIpc) is 2.46. The van der Waals surface area contributed by atoms with Gasteiger partial charge in [-0.2, -0.15) is 0 Å². The average molecular weight is 340 g/mol. The first-order valence-electron chi connectivity index (χ1n) is 7.39. The summed E-state index contributed by atoms with van der Waals surface area (Å²) in [5.74, 6) is 1.19. The van der Waals surface area contributed by atoms with Crippen LogP contribution in [0.5, 0.6) is 0 Å². The van der Waals surface area contributed by atoms with E-state index < -0.39 is 0 Å². The van der Waals surface area contributed by atoms with Crippen LogP contribution in [0.2, 0.25) is 0 Å². The smallest absolute Gasteiger partial charge is 0.255 e. The van der Waals surface area contributed by atoms with Crippen LogP contribution in [-0.4, -0.2) is 23.9 Å². The summed E-state index contributed by atoms with van der Waals surface area (Å²) in [7, 11) is 0. The fraction of sp³-hybridized carbons (Fsp3) is 0.562. The van der Waals surface area contributed by atoms with Gasteiger partial charge < -0.3 is 4.90 Å². The van der Waals surface area contributed by atoms with Crippen LogP contribution in [0.15, 0.2) is 22.7 Å². The molecule has 0 bridgehead atoms. The minimum atomic E-state index is -0.320. The van der Waals surface area contributed by atoms with Gasteiger partial charge in [-0.15, -0.1) is 0 Å². The van der Waals surface area contributed by atoms with Gasteiger partial charge in [0.25, 0.3) is 5.91 Å². The Morgan fingerprint density at radius 2 is 1.95 bits per heavy atom. The molecule has 1 saturated carbocycles. The molecule has 2 aliphatic rings. The third kappa shape index (κ3) is 2.76. The molecule has 2 atom stereocenters. The quantitative estimate of drug-likeness (QED) is 0.749. The second-order valence-corrected chi connectivity index (χ2v) is 6.82. The van der Waals surface area contributed by atoms with Crippen molar-refractivity contribution in [3.8, 4) is 0 Å². The van der Waals surface area contributed by atoms with E-state index in [0.717, 1.165) is 25.4 Å². The first kappa shape index (κ1) is 14.1. The maximum Gasteiger partial charge on any atom is 0.255 e. The zero-order valence-corrected chi connectivity index (χ0v) is 13.0. The van der Waals surface area contributed by atoms with Crippen LogP contribution in [0.25, 0.3) is 0 Å². The highest BCUT2D eigenvalue weighted by atomic mass is 79.9. The molecule has 1 saturated heterocycles. The Bertz CT molecular complexity index is 519. The Balaban J connectivity index is 1.74. The normalized spacial score (nSPS) is 26.2. The number of amides is 1. The molecular formula is C16H19BrFNO.